The Labute approximate surface area is 198 Å². The fourth-order valence-electron chi connectivity index (χ4n) is 3.59. The number of hydrogen-bond donors (Lipinski definition) is 1. The van der Waals surface area contributed by atoms with E-state index in [0.29, 0.717) is 28.3 Å². The Morgan fingerprint density at radius 3 is 2.38 bits per heavy atom. The minimum Gasteiger partial charge on any atom is -0.493 e. The van der Waals surface area contributed by atoms with E-state index in [4.69, 9.17) is 9.47 Å². The first-order chi connectivity index (χ1) is 16.5. The molecule has 0 aliphatic heterocycles. The minimum absolute atomic E-state index is 0.143. The molecule has 0 saturated heterocycles. The smallest absolute Gasteiger partial charge is 0.261 e. The van der Waals surface area contributed by atoms with E-state index in [9.17, 15) is 10.1 Å². The van der Waals surface area contributed by atoms with Crippen molar-refractivity contribution in [3.63, 3.8) is 0 Å². The third kappa shape index (κ3) is 4.74. The van der Waals surface area contributed by atoms with Crippen LogP contribution in [0.2, 0.25) is 0 Å². The number of nitrogens with one attached hydrogen (secondary N) is 1. The van der Waals surface area contributed by atoms with Crippen LogP contribution < -0.4 is 14.8 Å². The molecule has 0 atom stereocenters. The highest BCUT2D eigenvalue weighted by molar-refractivity contribution is 6.08. The lowest BCUT2D eigenvalue weighted by Crippen LogP contribution is -2.16. The Bertz CT molecular complexity index is 1370. The summed E-state index contributed by atoms with van der Waals surface area (Å²) in [6.07, 6.45) is 1.70. The Hall–Kier alpha value is -4.63. The number of aryl methyl sites for hydroxylation is 1. The molecule has 1 amide bonds. The maximum Gasteiger partial charge on any atom is 0.261 e. The normalized spacial score (nSPS) is 10.3. The van der Waals surface area contributed by atoms with Crippen LogP contribution in [-0.2, 0) is 0 Å². The Balaban J connectivity index is 1.81. The van der Waals surface area contributed by atoms with Crippen molar-refractivity contribution in [3.05, 3.63) is 101 Å². The van der Waals surface area contributed by atoms with Crippen molar-refractivity contribution < 1.29 is 14.3 Å². The van der Waals surface area contributed by atoms with Crippen molar-refractivity contribution in [3.8, 4) is 34.6 Å². The van der Waals surface area contributed by atoms with E-state index in [1.54, 1.807) is 24.4 Å². The van der Waals surface area contributed by atoms with Gasteiger partial charge in [-0.2, -0.15) is 5.26 Å². The zero-order valence-corrected chi connectivity index (χ0v) is 19.1. The van der Waals surface area contributed by atoms with Gasteiger partial charge in [-0.05, 0) is 49.2 Å². The lowest BCUT2D eigenvalue weighted by atomic mass is 9.97. The number of nitrogens with zero attached hydrogens (tertiary/aromatic N) is 2. The zero-order valence-electron chi connectivity index (χ0n) is 19.1. The van der Waals surface area contributed by atoms with Crippen LogP contribution in [0.4, 0.5) is 5.69 Å². The highest BCUT2D eigenvalue weighted by Gasteiger charge is 2.22. The number of pyridine rings is 1. The number of rotatable bonds is 6. The first kappa shape index (κ1) is 22.6. The zero-order chi connectivity index (χ0) is 24.1. The van der Waals surface area contributed by atoms with Crippen LogP contribution in [-0.4, -0.2) is 18.0 Å². The molecule has 6 nitrogen and oxygen atoms in total. The molecule has 6 heteroatoms. The van der Waals surface area contributed by atoms with Gasteiger partial charge in [0.25, 0.3) is 5.91 Å². The second kappa shape index (κ2) is 9.88. The average molecular weight is 450 g/mol. The van der Waals surface area contributed by atoms with Gasteiger partial charge in [0.05, 0.1) is 18.7 Å². The highest BCUT2D eigenvalue weighted by atomic mass is 16.5. The quantitative estimate of drug-likeness (QED) is 0.374. The van der Waals surface area contributed by atoms with Crippen LogP contribution in [0.1, 0.15) is 27.0 Å². The monoisotopic (exact) mass is 449 g/mol. The summed E-state index contributed by atoms with van der Waals surface area (Å²) in [6, 6.07) is 24.1. The average Bonchev–Trinajstić information content (AvgIpc) is 2.85. The second-order valence-electron chi connectivity index (χ2n) is 7.74. The summed E-state index contributed by atoms with van der Waals surface area (Å²) in [7, 11) is 1.49. The van der Waals surface area contributed by atoms with Gasteiger partial charge in [0, 0.05) is 23.5 Å². The number of methoxy groups -OCH3 is 1. The fraction of sp³-hybridized carbons (Fsp3) is 0.107. The lowest BCUT2D eigenvalue weighted by Gasteiger charge is -2.17. The van der Waals surface area contributed by atoms with Crippen molar-refractivity contribution in [2.24, 2.45) is 0 Å². The van der Waals surface area contributed by atoms with Crippen molar-refractivity contribution in [1.82, 2.24) is 4.98 Å². The SMILES string of the molecule is COc1cc(C#N)ccc1Oc1ncc(-c2ccc(C)cc2)c(C)c1C(=O)Nc1ccccc1. The van der Waals surface area contributed by atoms with Gasteiger partial charge in [0.1, 0.15) is 5.56 Å². The molecule has 0 spiro atoms. The van der Waals surface area contributed by atoms with E-state index in [0.717, 1.165) is 22.3 Å². The molecule has 0 radical (unpaired) electrons. The summed E-state index contributed by atoms with van der Waals surface area (Å²) in [4.78, 5) is 17.9. The van der Waals surface area contributed by atoms with Crippen molar-refractivity contribution in [2.75, 3.05) is 12.4 Å². The molecule has 0 unspecified atom stereocenters. The Morgan fingerprint density at radius 1 is 0.971 bits per heavy atom. The number of aromatic nitrogens is 1. The predicted octanol–water partition coefficient (Wildman–Crippen LogP) is 6.29. The molecule has 3 aromatic carbocycles. The molecule has 168 valence electrons. The number of anilines is 1. The van der Waals surface area contributed by atoms with Crippen LogP contribution in [0.15, 0.2) is 79.0 Å². The predicted molar refractivity (Wildman–Crippen MR) is 131 cm³/mol. The van der Waals surface area contributed by atoms with E-state index >= 15 is 0 Å². The molecular weight excluding hydrogens is 426 g/mol. The first-order valence-electron chi connectivity index (χ1n) is 10.7. The van der Waals surface area contributed by atoms with Crippen LogP contribution in [0.25, 0.3) is 11.1 Å². The summed E-state index contributed by atoms with van der Waals surface area (Å²) < 4.78 is 11.5. The van der Waals surface area contributed by atoms with E-state index in [2.05, 4.69) is 16.4 Å². The summed E-state index contributed by atoms with van der Waals surface area (Å²) in [5.41, 5.74) is 5.07. The fourth-order valence-corrected chi connectivity index (χ4v) is 3.59. The number of carbonyl (C=O) groups excluding carboxylic acids is 1. The van der Waals surface area contributed by atoms with Gasteiger partial charge in [0.2, 0.25) is 5.88 Å². The van der Waals surface area contributed by atoms with Gasteiger partial charge in [-0.15, -0.1) is 0 Å². The van der Waals surface area contributed by atoms with Crippen molar-refractivity contribution in [2.45, 2.75) is 13.8 Å². The van der Waals surface area contributed by atoms with Gasteiger partial charge in [-0.1, -0.05) is 48.0 Å². The Morgan fingerprint density at radius 2 is 1.71 bits per heavy atom. The summed E-state index contributed by atoms with van der Waals surface area (Å²) in [5.74, 6) is 0.526. The molecule has 4 aromatic rings. The maximum atomic E-state index is 13.4. The second-order valence-corrected chi connectivity index (χ2v) is 7.74. The summed E-state index contributed by atoms with van der Waals surface area (Å²) in [5, 5.41) is 12.1. The van der Waals surface area contributed by atoms with Gasteiger partial charge < -0.3 is 14.8 Å². The number of nitriles is 1. The van der Waals surface area contributed by atoms with Crippen LogP contribution in [0, 0.1) is 25.2 Å². The molecule has 0 bridgehead atoms. The van der Waals surface area contributed by atoms with Gasteiger partial charge in [-0.25, -0.2) is 4.98 Å². The van der Waals surface area contributed by atoms with E-state index < -0.39 is 0 Å². The third-order valence-corrected chi connectivity index (χ3v) is 5.42. The lowest BCUT2D eigenvalue weighted by molar-refractivity contribution is 0.102. The third-order valence-electron chi connectivity index (χ3n) is 5.42. The number of benzene rings is 3. The van der Waals surface area contributed by atoms with Crippen molar-refractivity contribution >= 4 is 11.6 Å². The Kier molecular flexibility index (Phi) is 6.56. The largest absolute Gasteiger partial charge is 0.493 e. The van der Waals surface area contributed by atoms with Crippen LogP contribution in [0.3, 0.4) is 0 Å². The van der Waals surface area contributed by atoms with Gasteiger partial charge >= 0.3 is 0 Å². The molecule has 0 saturated carbocycles. The summed E-state index contributed by atoms with van der Waals surface area (Å²) in [6.45, 7) is 3.90. The van der Waals surface area contributed by atoms with Gasteiger partial charge in [0.15, 0.2) is 11.5 Å². The number of carbonyl (C=O) groups is 1. The molecule has 1 aromatic heterocycles. The number of hydrogen-bond acceptors (Lipinski definition) is 5. The standard InChI is InChI=1S/C28H23N3O3/c1-18-9-12-21(13-10-18)23-17-30-28(34-24-14-11-20(16-29)15-25(24)33-3)26(19(23)2)27(32)31-22-7-5-4-6-8-22/h4-15,17H,1-3H3,(H,31,32). The van der Waals surface area contributed by atoms with Gasteiger partial charge in [-0.3, -0.25) is 4.79 Å². The van der Waals surface area contributed by atoms with E-state index in [-0.39, 0.29) is 11.8 Å². The van der Waals surface area contributed by atoms with Crippen LogP contribution >= 0.6 is 0 Å². The molecular formula is C28H23N3O3. The van der Waals surface area contributed by atoms with Crippen LogP contribution in [0.5, 0.6) is 17.4 Å². The number of amides is 1. The number of para-hydroxylation sites is 1. The minimum atomic E-state index is -0.340. The molecule has 1 N–H and O–H groups in total. The maximum absolute atomic E-state index is 13.4. The first-order valence-corrected chi connectivity index (χ1v) is 10.7. The van der Waals surface area contributed by atoms with E-state index in [1.807, 2.05) is 68.4 Å². The molecule has 34 heavy (non-hydrogen) atoms. The molecule has 0 fully saturated rings. The summed E-state index contributed by atoms with van der Waals surface area (Å²) >= 11 is 0. The molecule has 0 aliphatic rings. The molecule has 4 rings (SSSR count). The molecule has 0 aliphatic carbocycles. The van der Waals surface area contributed by atoms with E-state index in [1.165, 1.54) is 7.11 Å². The molecule has 1 heterocycles. The topological polar surface area (TPSA) is 84.2 Å². The highest BCUT2D eigenvalue weighted by Crippen LogP contribution is 2.36. The van der Waals surface area contributed by atoms with Crippen molar-refractivity contribution in [1.29, 1.82) is 5.26 Å². The number of ether oxygens (including phenoxy) is 2.